The third kappa shape index (κ3) is 4.14. The monoisotopic (exact) mass is 311 g/mol. The summed E-state index contributed by atoms with van der Waals surface area (Å²) < 4.78 is 0. The molecule has 1 amide bonds. The summed E-state index contributed by atoms with van der Waals surface area (Å²) in [6, 6.07) is 9.12. The fraction of sp³-hybridized carbons (Fsp3) is 0.267. The number of nitrogens with zero attached hydrogens (tertiary/aromatic N) is 4. The van der Waals surface area contributed by atoms with Gasteiger partial charge in [0.1, 0.15) is 11.6 Å². The minimum absolute atomic E-state index is 0.0834. The minimum Gasteiger partial charge on any atom is -0.360 e. The van der Waals surface area contributed by atoms with E-state index in [1.54, 1.807) is 24.3 Å². The van der Waals surface area contributed by atoms with Gasteiger partial charge in [-0.1, -0.05) is 19.1 Å². The van der Waals surface area contributed by atoms with Gasteiger partial charge in [0, 0.05) is 12.2 Å². The van der Waals surface area contributed by atoms with Crippen LogP contribution in [0, 0.1) is 11.3 Å². The highest BCUT2D eigenvalue weighted by atomic mass is 16.1. The second-order valence-electron chi connectivity index (χ2n) is 4.88. The molecular weight excluding hydrogens is 294 g/mol. The molecule has 8 nitrogen and oxygen atoms in total. The Morgan fingerprint density at radius 2 is 2.26 bits per heavy atom. The molecule has 0 radical (unpaired) electrons. The average Bonchev–Trinajstić information content (AvgIpc) is 3.10. The number of amides is 1. The molecule has 118 valence electrons. The number of allylic oxidation sites excluding steroid dienone is 1. The van der Waals surface area contributed by atoms with E-state index in [0.717, 1.165) is 6.42 Å². The SMILES string of the molecule is CCC(C)NC(=O)c1ccccc1NC=C(C#N)c1nn[nH]n1. The normalized spacial score (nSPS) is 12.3. The van der Waals surface area contributed by atoms with E-state index in [1.807, 2.05) is 19.9 Å². The Labute approximate surface area is 133 Å². The van der Waals surface area contributed by atoms with Crippen LogP contribution in [-0.2, 0) is 0 Å². The first kappa shape index (κ1) is 16.2. The summed E-state index contributed by atoms with van der Waals surface area (Å²) in [5.41, 5.74) is 1.29. The van der Waals surface area contributed by atoms with Crippen LogP contribution in [0.25, 0.3) is 5.57 Å². The number of nitriles is 1. The van der Waals surface area contributed by atoms with Crippen LogP contribution in [0.1, 0.15) is 36.5 Å². The first-order chi connectivity index (χ1) is 11.2. The van der Waals surface area contributed by atoms with Crippen LogP contribution >= 0.6 is 0 Å². The summed E-state index contributed by atoms with van der Waals surface area (Å²) in [6.45, 7) is 3.94. The van der Waals surface area contributed by atoms with Gasteiger partial charge in [-0.15, -0.1) is 10.2 Å². The Morgan fingerprint density at radius 3 is 2.91 bits per heavy atom. The van der Waals surface area contributed by atoms with Gasteiger partial charge in [0.2, 0.25) is 5.82 Å². The number of aromatic nitrogens is 4. The second kappa shape index (κ2) is 7.70. The van der Waals surface area contributed by atoms with Crippen molar-refractivity contribution in [3.63, 3.8) is 0 Å². The standard InChI is InChI=1S/C15H17N7O/c1-3-10(2)18-15(23)12-6-4-5-7-13(12)17-9-11(8-16)14-19-21-22-20-14/h4-7,9-10,17H,3H2,1-2H3,(H,18,23)(H,19,20,21,22). The largest absolute Gasteiger partial charge is 0.360 e. The van der Waals surface area contributed by atoms with Crippen molar-refractivity contribution in [2.75, 3.05) is 5.32 Å². The number of para-hydroxylation sites is 1. The predicted molar refractivity (Wildman–Crippen MR) is 85.1 cm³/mol. The second-order valence-corrected chi connectivity index (χ2v) is 4.88. The molecule has 0 saturated heterocycles. The summed E-state index contributed by atoms with van der Waals surface area (Å²) in [5.74, 6) is 0.00968. The molecule has 0 fully saturated rings. The molecule has 23 heavy (non-hydrogen) atoms. The van der Waals surface area contributed by atoms with Crippen molar-refractivity contribution in [3.05, 3.63) is 41.9 Å². The molecule has 0 aliphatic carbocycles. The number of nitrogens with one attached hydrogen (secondary N) is 3. The van der Waals surface area contributed by atoms with Gasteiger partial charge in [-0.2, -0.15) is 10.5 Å². The molecule has 0 aliphatic heterocycles. The molecule has 1 unspecified atom stereocenters. The number of anilines is 1. The first-order valence-corrected chi connectivity index (χ1v) is 7.16. The molecule has 0 aliphatic rings. The number of H-pyrrole nitrogens is 1. The van der Waals surface area contributed by atoms with E-state index in [-0.39, 0.29) is 23.3 Å². The number of hydrogen-bond acceptors (Lipinski definition) is 6. The van der Waals surface area contributed by atoms with Crippen molar-refractivity contribution in [1.29, 1.82) is 5.26 Å². The highest BCUT2D eigenvalue weighted by Crippen LogP contribution is 2.17. The van der Waals surface area contributed by atoms with Gasteiger partial charge in [0.15, 0.2) is 0 Å². The van der Waals surface area contributed by atoms with Crippen LogP contribution in [0.15, 0.2) is 30.5 Å². The molecular formula is C15H17N7O. The van der Waals surface area contributed by atoms with Crippen LogP contribution in [-0.4, -0.2) is 32.6 Å². The van der Waals surface area contributed by atoms with Crippen LogP contribution in [0.3, 0.4) is 0 Å². The summed E-state index contributed by atoms with van der Waals surface area (Å²) in [5, 5.41) is 28.2. The molecule has 1 aromatic heterocycles. The van der Waals surface area contributed by atoms with Gasteiger partial charge in [-0.05, 0) is 30.7 Å². The average molecular weight is 311 g/mol. The van der Waals surface area contributed by atoms with Crippen LogP contribution < -0.4 is 10.6 Å². The summed E-state index contributed by atoms with van der Waals surface area (Å²) in [6.07, 6.45) is 2.29. The molecule has 1 atom stereocenters. The maximum absolute atomic E-state index is 12.3. The Kier molecular flexibility index (Phi) is 5.41. The van der Waals surface area contributed by atoms with Gasteiger partial charge in [-0.3, -0.25) is 4.79 Å². The maximum Gasteiger partial charge on any atom is 0.253 e. The highest BCUT2D eigenvalue weighted by Gasteiger charge is 2.13. The van der Waals surface area contributed by atoms with Crippen molar-refractivity contribution in [2.45, 2.75) is 26.3 Å². The first-order valence-electron chi connectivity index (χ1n) is 7.16. The van der Waals surface area contributed by atoms with Crippen LogP contribution in [0.2, 0.25) is 0 Å². The quantitative estimate of drug-likeness (QED) is 0.699. The maximum atomic E-state index is 12.3. The third-order valence-corrected chi connectivity index (χ3v) is 3.24. The van der Waals surface area contributed by atoms with E-state index in [4.69, 9.17) is 5.26 Å². The molecule has 2 rings (SSSR count). The fourth-order valence-electron chi connectivity index (χ4n) is 1.78. The van der Waals surface area contributed by atoms with Gasteiger partial charge in [-0.25, -0.2) is 0 Å². The van der Waals surface area contributed by atoms with Crippen molar-refractivity contribution in [3.8, 4) is 6.07 Å². The molecule has 0 saturated carbocycles. The van der Waals surface area contributed by atoms with Gasteiger partial charge in [0.05, 0.1) is 11.3 Å². The van der Waals surface area contributed by atoms with E-state index in [9.17, 15) is 4.79 Å². The molecule has 8 heteroatoms. The Morgan fingerprint density at radius 1 is 1.48 bits per heavy atom. The van der Waals surface area contributed by atoms with E-state index in [1.165, 1.54) is 6.20 Å². The topological polar surface area (TPSA) is 119 Å². The highest BCUT2D eigenvalue weighted by molar-refractivity contribution is 6.00. The van der Waals surface area contributed by atoms with E-state index in [2.05, 4.69) is 31.3 Å². The van der Waals surface area contributed by atoms with E-state index >= 15 is 0 Å². The zero-order valence-corrected chi connectivity index (χ0v) is 12.9. The summed E-state index contributed by atoms with van der Waals surface area (Å²) in [4.78, 5) is 12.3. The van der Waals surface area contributed by atoms with Crippen molar-refractivity contribution in [1.82, 2.24) is 25.9 Å². The van der Waals surface area contributed by atoms with Gasteiger partial charge < -0.3 is 10.6 Å². The van der Waals surface area contributed by atoms with Gasteiger partial charge >= 0.3 is 0 Å². The molecule has 3 N–H and O–H groups in total. The third-order valence-electron chi connectivity index (χ3n) is 3.24. The van der Waals surface area contributed by atoms with Crippen molar-refractivity contribution in [2.24, 2.45) is 0 Å². The number of carbonyl (C=O) groups excluding carboxylic acids is 1. The zero-order chi connectivity index (χ0) is 16.7. The van der Waals surface area contributed by atoms with Crippen molar-refractivity contribution >= 4 is 17.2 Å². The Balaban J connectivity index is 2.21. The van der Waals surface area contributed by atoms with Crippen molar-refractivity contribution < 1.29 is 4.79 Å². The molecule has 1 heterocycles. The lowest BCUT2D eigenvalue weighted by Gasteiger charge is -2.14. The number of benzene rings is 1. The zero-order valence-electron chi connectivity index (χ0n) is 12.9. The Bertz CT molecular complexity index is 731. The summed E-state index contributed by atoms with van der Waals surface area (Å²) >= 11 is 0. The lowest BCUT2D eigenvalue weighted by atomic mass is 10.1. The Hall–Kier alpha value is -3.21. The number of carbonyl (C=O) groups is 1. The molecule has 0 spiro atoms. The lowest BCUT2D eigenvalue weighted by molar-refractivity contribution is 0.0940. The number of rotatable bonds is 6. The van der Waals surface area contributed by atoms with Crippen LogP contribution in [0.5, 0.6) is 0 Å². The number of hydrogen-bond donors (Lipinski definition) is 3. The van der Waals surface area contributed by atoms with E-state index < -0.39 is 0 Å². The lowest BCUT2D eigenvalue weighted by Crippen LogP contribution is -2.32. The number of aromatic amines is 1. The smallest absolute Gasteiger partial charge is 0.253 e. The summed E-state index contributed by atoms with van der Waals surface area (Å²) in [7, 11) is 0. The molecule has 1 aromatic carbocycles. The molecule has 2 aromatic rings. The van der Waals surface area contributed by atoms with Gasteiger partial charge in [0.25, 0.3) is 5.91 Å². The fourth-order valence-corrected chi connectivity index (χ4v) is 1.78. The van der Waals surface area contributed by atoms with Crippen LogP contribution in [0.4, 0.5) is 5.69 Å². The minimum atomic E-state index is -0.172. The number of tetrazole rings is 1. The predicted octanol–water partition coefficient (Wildman–Crippen LogP) is 1.70. The molecule has 0 bridgehead atoms. The van der Waals surface area contributed by atoms with E-state index in [0.29, 0.717) is 11.3 Å².